The van der Waals surface area contributed by atoms with Gasteiger partial charge in [-0.25, -0.2) is 4.98 Å². The van der Waals surface area contributed by atoms with Gasteiger partial charge in [0, 0.05) is 13.5 Å². The van der Waals surface area contributed by atoms with E-state index < -0.39 is 11.8 Å². The van der Waals surface area contributed by atoms with E-state index in [1.165, 1.54) is 0 Å². The highest BCUT2D eigenvalue weighted by Crippen LogP contribution is 2.43. The SMILES string of the molecule is [2H]c1cc(C([2H])([2H])C(C)(C)C)cc([2H])c1-c1cc(C(C)C)c(-n2c(-c3cccc4c3oc3cc(-c5cccc(C#N)c5)ccc34)nc3ccccc32)c(C(C)C)c1. The average Bonchev–Trinajstić information content (AvgIpc) is 3.75. The second-order valence-corrected chi connectivity index (χ2v) is 15.5. The number of para-hydroxylation sites is 3. The summed E-state index contributed by atoms with van der Waals surface area (Å²) in [5.74, 6) is 0.864. The summed E-state index contributed by atoms with van der Waals surface area (Å²) in [5, 5.41) is 11.5. The van der Waals surface area contributed by atoms with Gasteiger partial charge in [-0.05, 0) is 117 Å². The first-order chi connectivity index (χ1) is 27.1. The molecule has 0 fully saturated rings. The van der Waals surface area contributed by atoms with Gasteiger partial charge in [-0.1, -0.05) is 115 Å². The minimum Gasteiger partial charge on any atom is -0.455 e. The molecule has 0 saturated heterocycles. The topological polar surface area (TPSA) is 54.8 Å². The van der Waals surface area contributed by atoms with Crippen molar-refractivity contribution in [3.05, 3.63) is 144 Å². The molecule has 0 spiro atoms. The molecule has 0 bridgehead atoms. The smallest absolute Gasteiger partial charge is 0.149 e. The first-order valence-corrected chi connectivity index (χ1v) is 18.3. The Labute approximate surface area is 318 Å². The molecule has 0 radical (unpaired) electrons. The Bertz CT molecular complexity index is 2870. The van der Waals surface area contributed by atoms with Crippen molar-refractivity contribution in [1.29, 1.82) is 5.26 Å². The zero-order valence-electron chi connectivity index (χ0n) is 35.3. The Hall–Kier alpha value is -5.92. The van der Waals surface area contributed by atoms with Crippen LogP contribution in [0.3, 0.4) is 0 Å². The van der Waals surface area contributed by atoms with Crippen LogP contribution in [0.25, 0.3) is 72.3 Å². The number of nitrogens with zero attached hydrogens (tertiary/aromatic N) is 3. The van der Waals surface area contributed by atoms with E-state index in [-0.39, 0.29) is 23.9 Å². The normalized spacial score (nSPS) is 13.4. The summed E-state index contributed by atoms with van der Waals surface area (Å²) in [4.78, 5) is 5.30. The summed E-state index contributed by atoms with van der Waals surface area (Å²) in [5.41, 5.74) is 10.6. The number of hydrogen-bond acceptors (Lipinski definition) is 3. The molecule has 0 atom stereocenters. The molecular weight excluding hydrogens is 647 g/mol. The summed E-state index contributed by atoms with van der Waals surface area (Å²) in [6, 6.07) is 38.0. The molecule has 0 saturated carbocycles. The third-order valence-corrected chi connectivity index (χ3v) is 9.81. The lowest BCUT2D eigenvalue weighted by molar-refractivity contribution is 0.411. The Morgan fingerprint density at radius 1 is 0.755 bits per heavy atom. The van der Waals surface area contributed by atoms with E-state index in [4.69, 9.17) is 14.9 Å². The highest BCUT2D eigenvalue weighted by molar-refractivity contribution is 6.10. The van der Waals surface area contributed by atoms with Crippen LogP contribution >= 0.6 is 0 Å². The van der Waals surface area contributed by atoms with Crippen LogP contribution in [0.2, 0.25) is 0 Å². The Balaban J connectivity index is 1.36. The lowest BCUT2D eigenvalue weighted by atomic mass is 9.86. The van der Waals surface area contributed by atoms with Crippen LogP contribution in [0, 0.1) is 16.7 Å². The van der Waals surface area contributed by atoms with Crippen LogP contribution in [0.15, 0.2) is 126 Å². The van der Waals surface area contributed by atoms with Gasteiger partial charge in [-0.3, -0.25) is 4.57 Å². The fraction of sp³-hybridized carbons (Fsp3) is 0.224. The van der Waals surface area contributed by atoms with Gasteiger partial charge in [0.1, 0.15) is 17.0 Å². The number of imidazole rings is 1. The van der Waals surface area contributed by atoms with Gasteiger partial charge >= 0.3 is 0 Å². The van der Waals surface area contributed by atoms with Gasteiger partial charge in [0.05, 0.1) is 36.7 Å². The van der Waals surface area contributed by atoms with Gasteiger partial charge in [-0.15, -0.1) is 0 Å². The largest absolute Gasteiger partial charge is 0.455 e. The highest BCUT2D eigenvalue weighted by atomic mass is 16.3. The van der Waals surface area contributed by atoms with Gasteiger partial charge in [0.2, 0.25) is 0 Å². The van der Waals surface area contributed by atoms with Crippen LogP contribution < -0.4 is 0 Å². The van der Waals surface area contributed by atoms with Crippen molar-refractivity contribution in [3.8, 4) is 45.4 Å². The summed E-state index contributed by atoms with van der Waals surface area (Å²) in [6.07, 6.45) is -1.72. The molecule has 4 heteroatoms. The first kappa shape index (κ1) is 29.6. The molecule has 0 aliphatic rings. The van der Waals surface area contributed by atoms with E-state index in [1.807, 2.05) is 69.3 Å². The molecule has 0 amide bonds. The van der Waals surface area contributed by atoms with E-state index in [1.54, 1.807) is 18.2 Å². The second kappa shape index (κ2) is 13.2. The number of furan rings is 1. The van der Waals surface area contributed by atoms with Crippen molar-refractivity contribution < 1.29 is 9.90 Å². The molecule has 6 aromatic carbocycles. The zero-order chi connectivity index (χ0) is 40.6. The monoisotopic (exact) mass is 695 g/mol. The molecule has 8 rings (SSSR count). The van der Waals surface area contributed by atoms with Crippen molar-refractivity contribution in [1.82, 2.24) is 9.55 Å². The molecule has 0 aliphatic carbocycles. The fourth-order valence-corrected chi connectivity index (χ4v) is 7.37. The zero-order valence-corrected chi connectivity index (χ0v) is 31.3. The van der Waals surface area contributed by atoms with Crippen LogP contribution in [0.4, 0.5) is 0 Å². The van der Waals surface area contributed by atoms with Crippen LogP contribution in [0.1, 0.15) is 88.0 Å². The van der Waals surface area contributed by atoms with Crippen LogP contribution in [0.5, 0.6) is 0 Å². The molecule has 0 N–H and O–H groups in total. The maximum Gasteiger partial charge on any atom is 0.149 e. The standard InChI is InChI=1S/C49H45N3O/c1-30(2)41-25-37(34-20-18-32(19-21-34)28-49(5,6)7)26-42(31(3)4)46(41)52-44-17-9-8-16-43(44)51-48(52)40-15-11-14-39-38-23-22-36(27-45(38)53-47(39)40)35-13-10-12-33(24-35)29-50/h8-27,30-31H,28H2,1-7H3/i20D,21D,28D2. The van der Waals surface area contributed by atoms with Gasteiger partial charge in [0.25, 0.3) is 0 Å². The maximum absolute atomic E-state index is 9.51. The summed E-state index contributed by atoms with van der Waals surface area (Å²) < 4.78 is 45.0. The molecule has 0 aliphatic heterocycles. The molecule has 2 heterocycles. The minimum atomic E-state index is -1.72. The molecular formula is C49H45N3O. The summed E-state index contributed by atoms with van der Waals surface area (Å²) in [6.45, 7) is 14.2. The lowest BCUT2D eigenvalue weighted by Crippen LogP contribution is -2.10. The Morgan fingerprint density at radius 3 is 2.15 bits per heavy atom. The number of rotatable bonds is 7. The number of nitriles is 1. The van der Waals surface area contributed by atoms with E-state index in [0.717, 1.165) is 77.9 Å². The fourth-order valence-electron chi connectivity index (χ4n) is 7.37. The Morgan fingerprint density at radius 2 is 1.45 bits per heavy atom. The maximum atomic E-state index is 9.51. The lowest BCUT2D eigenvalue weighted by Gasteiger charge is -2.24. The van der Waals surface area contributed by atoms with E-state index in [0.29, 0.717) is 16.7 Å². The van der Waals surface area contributed by atoms with Gasteiger partial charge < -0.3 is 4.42 Å². The number of benzene rings is 6. The third-order valence-electron chi connectivity index (χ3n) is 9.81. The van der Waals surface area contributed by atoms with E-state index in [9.17, 15) is 5.26 Å². The van der Waals surface area contributed by atoms with Gasteiger partial charge in [0.15, 0.2) is 0 Å². The number of fused-ring (bicyclic) bond motifs is 4. The molecule has 8 aromatic rings. The minimum absolute atomic E-state index is 0.0593. The predicted molar refractivity (Wildman–Crippen MR) is 221 cm³/mol. The second-order valence-electron chi connectivity index (χ2n) is 15.5. The van der Waals surface area contributed by atoms with Crippen molar-refractivity contribution in [2.45, 2.75) is 66.7 Å². The third kappa shape index (κ3) is 6.31. The molecule has 53 heavy (non-hydrogen) atoms. The summed E-state index contributed by atoms with van der Waals surface area (Å²) >= 11 is 0. The average molecular weight is 696 g/mol. The van der Waals surface area contributed by atoms with Crippen molar-refractivity contribution in [3.63, 3.8) is 0 Å². The van der Waals surface area contributed by atoms with Crippen LogP contribution in [-0.4, -0.2) is 9.55 Å². The quantitative estimate of drug-likeness (QED) is 0.167. The van der Waals surface area contributed by atoms with Crippen molar-refractivity contribution in [2.24, 2.45) is 5.41 Å². The van der Waals surface area contributed by atoms with Crippen LogP contribution in [-0.2, 0) is 6.37 Å². The Kier molecular flexibility index (Phi) is 7.41. The molecule has 0 unspecified atom stereocenters. The molecule has 4 nitrogen and oxygen atoms in total. The molecule has 262 valence electrons. The van der Waals surface area contributed by atoms with Crippen molar-refractivity contribution >= 4 is 33.0 Å². The van der Waals surface area contributed by atoms with Crippen molar-refractivity contribution in [2.75, 3.05) is 0 Å². The number of hydrogen-bond donors (Lipinski definition) is 0. The van der Waals surface area contributed by atoms with E-state index in [2.05, 4.69) is 80.8 Å². The van der Waals surface area contributed by atoms with E-state index >= 15 is 0 Å². The van der Waals surface area contributed by atoms with Gasteiger partial charge in [-0.2, -0.15) is 5.26 Å². The highest BCUT2D eigenvalue weighted by Gasteiger charge is 2.25. The first-order valence-electron chi connectivity index (χ1n) is 20.3. The number of aromatic nitrogens is 2. The summed E-state index contributed by atoms with van der Waals surface area (Å²) in [7, 11) is 0. The predicted octanol–water partition coefficient (Wildman–Crippen LogP) is 13.6. The molecule has 2 aromatic heterocycles.